The van der Waals surface area contributed by atoms with Crippen LogP contribution in [0.1, 0.15) is 12.5 Å². The van der Waals surface area contributed by atoms with Crippen molar-refractivity contribution in [2.45, 2.75) is 13.0 Å². The molecule has 80 valence electrons. The molecule has 0 aliphatic carbocycles. The monoisotopic (exact) mass is 204 g/mol. The predicted molar refractivity (Wildman–Crippen MR) is 62.1 cm³/mol. The molecular formula is C12H16N2O. The van der Waals surface area contributed by atoms with E-state index in [0.717, 1.165) is 5.56 Å². The topological polar surface area (TPSA) is 55.1 Å². The first-order valence-corrected chi connectivity index (χ1v) is 4.94. The summed E-state index contributed by atoms with van der Waals surface area (Å²) in [5, 5.41) is 2.99. The molecule has 1 rings (SSSR count). The second-order valence-corrected chi connectivity index (χ2v) is 3.35. The van der Waals surface area contributed by atoms with E-state index in [2.05, 4.69) is 5.32 Å². The summed E-state index contributed by atoms with van der Waals surface area (Å²) in [4.78, 5) is 10.7. The van der Waals surface area contributed by atoms with Gasteiger partial charge in [-0.2, -0.15) is 0 Å². The SMILES string of the molecule is CC(NCC=Cc1ccccc1)C(N)=O. The molecule has 0 saturated carbocycles. The van der Waals surface area contributed by atoms with Crippen LogP contribution in [0.25, 0.3) is 6.08 Å². The van der Waals surface area contributed by atoms with Crippen LogP contribution in [0.4, 0.5) is 0 Å². The second-order valence-electron chi connectivity index (χ2n) is 3.35. The zero-order chi connectivity index (χ0) is 11.1. The number of hydrogen-bond acceptors (Lipinski definition) is 2. The summed E-state index contributed by atoms with van der Waals surface area (Å²) < 4.78 is 0. The third-order valence-corrected chi connectivity index (χ3v) is 2.08. The number of nitrogens with two attached hydrogens (primary N) is 1. The standard InChI is InChI=1S/C12H16N2O/c1-10(12(13)15)14-9-5-8-11-6-3-2-4-7-11/h2-8,10,14H,9H2,1H3,(H2,13,15). The van der Waals surface area contributed by atoms with Gasteiger partial charge >= 0.3 is 0 Å². The maximum Gasteiger partial charge on any atom is 0.234 e. The van der Waals surface area contributed by atoms with Crippen molar-refractivity contribution in [3.8, 4) is 0 Å². The summed E-state index contributed by atoms with van der Waals surface area (Å²) in [7, 11) is 0. The first-order valence-electron chi connectivity index (χ1n) is 4.94. The van der Waals surface area contributed by atoms with Crippen LogP contribution in [-0.4, -0.2) is 18.5 Å². The van der Waals surface area contributed by atoms with Crippen LogP contribution in [0.2, 0.25) is 0 Å². The van der Waals surface area contributed by atoms with Gasteiger partial charge in [0, 0.05) is 6.54 Å². The highest BCUT2D eigenvalue weighted by molar-refractivity contribution is 5.79. The Balaban J connectivity index is 2.32. The molecule has 0 aromatic heterocycles. The summed E-state index contributed by atoms with van der Waals surface area (Å²) in [6.07, 6.45) is 3.97. The Morgan fingerprint density at radius 2 is 2.13 bits per heavy atom. The maximum atomic E-state index is 10.7. The number of carbonyl (C=O) groups excluding carboxylic acids is 1. The number of primary amides is 1. The molecule has 1 aromatic carbocycles. The fourth-order valence-corrected chi connectivity index (χ4v) is 1.10. The van der Waals surface area contributed by atoms with Crippen LogP contribution in [0, 0.1) is 0 Å². The summed E-state index contributed by atoms with van der Waals surface area (Å²) >= 11 is 0. The van der Waals surface area contributed by atoms with Gasteiger partial charge in [-0.05, 0) is 12.5 Å². The Morgan fingerprint density at radius 1 is 1.47 bits per heavy atom. The predicted octanol–water partition coefficient (Wildman–Crippen LogP) is 1.16. The molecule has 3 nitrogen and oxygen atoms in total. The lowest BCUT2D eigenvalue weighted by Gasteiger charge is -2.06. The lowest BCUT2D eigenvalue weighted by Crippen LogP contribution is -2.38. The van der Waals surface area contributed by atoms with Gasteiger partial charge in [-0.15, -0.1) is 0 Å². The Bertz CT molecular complexity index is 333. The fourth-order valence-electron chi connectivity index (χ4n) is 1.10. The summed E-state index contributed by atoms with van der Waals surface area (Å²) in [5.74, 6) is -0.330. The lowest BCUT2D eigenvalue weighted by atomic mass is 10.2. The van der Waals surface area contributed by atoms with Crippen molar-refractivity contribution in [2.24, 2.45) is 5.73 Å². The van der Waals surface area contributed by atoms with E-state index in [0.29, 0.717) is 6.54 Å². The third-order valence-electron chi connectivity index (χ3n) is 2.08. The fraction of sp³-hybridized carbons (Fsp3) is 0.250. The number of nitrogens with one attached hydrogen (secondary N) is 1. The maximum absolute atomic E-state index is 10.7. The lowest BCUT2D eigenvalue weighted by molar-refractivity contribution is -0.119. The van der Waals surface area contributed by atoms with Crippen LogP contribution in [-0.2, 0) is 4.79 Å². The summed E-state index contributed by atoms with van der Waals surface area (Å²) in [5.41, 5.74) is 6.25. The van der Waals surface area contributed by atoms with Crippen LogP contribution >= 0.6 is 0 Å². The van der Waals surface area contributed by atoms with Crippen LogP contribution in [0.5, 0.6) is 0 Å². The minimum atomic E-state index is -0.330. The number of amides is 1. The molecule has 0 spiro atoms. The highest BCUT2D eigenvalue weighted by atomic mass is 16.1. The average molecular weight is 204 g/mol. The Kier molecular flexibility index (Phi) is 4.57. The molecule has 0 radical (unpaired) electrons. The van der Waals surface area contributed by atoms with E-state index >= 15 is 0 Å². The van der Waals surface area contributed by atoms with E-state index in [1.807, 2.05) is 42.5 Å². The minimum absolute atomic E-state index is 0.287. The van der Waals surface area contributed by atoms with Crippen molar-refractivity contribution < 1.29 is 4.79 Å². The highest BCUT2D eigenvalue weighted by Gasteiger charge is 2.04. The molecule has 1 aromatic rings. The van der Waals surface area contributed by atoms with E-state index in [-0.39, 0.29) is 11.9 Å². The van der Waals surface area contributed by atoms with Crippen molar-refractivity contribution in [3.63, 3.8) is 0 Å². The van der Waals surface area contributed by atoms with Gasteiger partial charge in [-0.1, -0.05) is 42.5 Å². The van der Waals surface area contributed by atoms with E-state index in [4.69, 9.17) is 5.73 Å². The molecular weight excluding hydrogens is 188 g/mol. The van der Waals surface area contributed by atoms with Crippen LogP contribution in [0.3, 0.4) is 0 Å². The minimum Gasteiger partial charge on any atom is -0.368 e. The number of benzene rings is 1. The molecule has 1 amide bonds. The Morgan fingerprint density at radius 3 is 2.73 bits per heavy atom. The van der Waals surface area contributed by atoms with Crippen molar-refractivity contribution >= 4 is 12.0 Å². The van der Waals surface area contributed by atoms with Gasteiger partial charge < -0.3 is 11.1 Å². The molecule has 1 atom stereocenters. The smallest absolute Gasteiger partial charge is 0.234 e. The molecule has 3 N–H and O–H groups in total. The van der Waals surface area contributed by atoms with Gasteiger partial charge in [0.25, 0.3) is 0 Å². The average Bonchev–Trinajstić information content (AvgIpc) is 2.25. The van der Waals surface area contributed by atoms with Gasteiger partial charge in [0.15, 0.2) is 0 Å². The van der Waals surface area contributed by atoms with Gasteiger partial charge in [-0.3, -0.25) is 4.79 Å². The van der Waals surface area contributed by atoms with Crippen molar-refractivity contribution in [3.05, 3.63) is 42.0 Å². The van der Waals surface area contributed by atoms with Crippen LogP contribution < -0.4 is 11.1 Å². The molecule has 0 saturated heterocycles. The van der Waals surface area contributed by atoms with Crippen molar-refractivity contribution in [1.29, 1.82) is 0 Å². The third kappa shape index (κ3) is 4.42. The van der Waals surface area contributed by atoms with Gasteiger partial charge in [0.05, 0.1) is 6.04 Å². The largest absolute Gasteiger partial charge is 0.368 e. The van der Waals surface area contributed by atoms with E-state index < -0.39 is 0 Å². The molecule has 0 aliphatic rings. The Hall–Kier alpha value is -1.61. The van der Waals surface area contributed by atoms with Gasteiger partial charge in [0.1, 0.15) is 0 Å². The Labute approximate surface area is 90.0 Å². The molecule has 0 fully saturated rings. The number of carbonyl (C=O) groups is 1. The molecule has 0 heterocycles. The zero-order valence-electron chi connectivity index (χ0n) is 8.81. The molecule has 0 bridgehead atoms. The molecule has 1 unspecified atom stereocenters. The molecule has 3 heteroatoms. The number of rotatable bonds is 5. The highest BCUT2D eigenvalue weighted by Crippen LogP contribution is 1.99. The summed E-state index contributed by atoms with van der Waals surface area (Å²) in [6.45, 7) is 2.39. The molecule has 0 aliphatic heterocycles. The van der Waals surface area contributed by atoms with E-state index in [9.17, 15) is 4.79 Å². The van der Waals surface area contributed by atoms with Gasteiger partial charge in [0.2, 0.25) is 5.91 Å². The van der Waals surface area contributed by atoms with E-state index in [1.165, 1.54) is 0 Å². The second kappa shape index (κ2) is 5.98. The van der Waals surface area contributed by atoms with Crippen LogP contribution in [0.15, 0.2) is 36.4 Å². The first kappa shape index (κ1) is 11.5. The zero-order valence-corrected chi connectivity index (χ0v) is 8.81. The van der Waals surface area contributed by atoms with Crippen molar-refractivity contribution in [2.75, 3.05) is 6.54 Å². The number of hydrogen-bond donors (Lipinski definition) is 2. The van der Waals surface area contributed by atoms with Gasteiger partial charge in [-0.25, -0.2) is 0 Å². The molecule has 15 heavy (non-hydrogen) atoms. The normalized spacial score (nSPS) is 12.9. The summed E-state index contributed by atoms with van der Waals surface area (Å²) in [6, 6.07) is 9.70. The quantitative estimate of drug-likeness (QED) is 0.756. The van der Waals surface area contributed by atoms with Crippen molar-refractivity contribution in [1.82, 2.24) is 5.32 Å². The first-order chi connectivity index (χ1) is 7.20. The van der Waals surface area contributed by atoms with E-state index in [1.54, 1.807) is 6.92 Å².